The van der Waals surface area contributed by atoms with E-state index in [1.54, 1.807) is 12.1 Å². The van der Waals surface area contributed by atoms with Gasteiger partial charge in [-0.3, -0.25) is 4.79 Å². The lowest BCUT2D eigenvalue weighted by Gasteiger charge is -2.22. The van der Waals surface area contributed by atoms with E-state index in [0.717, 1.165) is 13.1 Å². The normalized spacial score (nSPS) is 24.8. The lowest BCUT2D eigenvalue weighted by Crippen LogP contribution is -2.29. The van der Waals surface area contributed by atoms with E-state index in [1.165, 1.54) is 32.8 Å². The average Bonchev–Trinajstić information content (AvgIpc) is 2.92. The number of carbonyl (C=O) groups excluding carboxylic acids is 1. The third-order valence-corrected chi connectivity index (χ3v) is 5.35. The van der Waals surface area contributed by atoms with Gasteiger partial charge in [0.15, 0.2) is 5.75 Å². The van der Waals surface area contributed by atoms with Crippen LogP contribution in [-0.2, 0) is 0 Å². The molecule has 1 saturated carbocycles. The maximum absolute atomic E-state index is 12.8. The molecule has 1 heterocycles. The Bertz CT molecular complexity index is 547. The largest absolute Gasteiger partial charge is 0.494 e. The predicted octanol–water partition coefficient (Wildman–Crippen LogP) is 4.26. The number of likely N-dealkylation sites (tertiary alicyclic amines) is 1. The number of benzene rings is 1. The molecule has 114 valence electrons. The summed E-state index contributed by atoms with van der Waals surface area (Å²) in [7, 11) is 1.51. The number of nitrogens with zero attached hydrogens (tertiary/aromatic N) is 1. The Hall–Kier alpha value is -0.930. The predicted molar refractivity (Wildman–Crippen MR) is 84.4 cm³/mol. The molecule has 2 atom stereocenters. The van der Waals surface area contributed by atoms with Crippen LogP contribution in [-0.4, -0.2) is 31.0 Å². The first-order valence-corrected chi connectivity index (χ1v) is 8.18. The highest BCUT2D eigenvalue weighted by atomic mass is 35.5. The van der Waals surface area contributed by atoms with Gasteiger partial charge in [0, 0.05) is 13.1 Å². The maximum atomic E-state index is 12.8. The summed E-state index contributed by atoms with van der Waals surface area (Å²) < 4.78 is 5.29. The van der Waals surface area contributed by atoms with Crippen molar-refractivity contribution >= 4 is 29.1 Å². The van der Waals surface area contributed by atoms with E-state index in [0.29, 0.717) is 33.2 Å². The van der Waals surface area contributed by atoms with Crippen molar-refractivity contribution in [2.45, 2.75) is 25.7 Å². The van der Waals surface area contributed by atoms with Gasteiger partial charge in [-0.05, 0) is 36.8 Å². The van der Waals surface area contributed by atoms with Crippen LogP contribution in [0.4, 0.5) is 0 Å². The van der Waals surface area contributed by atoms with Crippen molar-refractivity contribution in [3.63, 3.8) is 0 Å². The molecule has 3 nitrogen and oxygen atoms in total. The Morgan fingerprint density at radius 3 is 2.29 bits per heavy atom. The summed E-state index contributed by atoms with van der Waals surface area (Å²) in [5.41, 5.74) is 0.394. The summed E-state index contributed by atoms with van der Waals surface area (Å²) in [6.07, 6.45) is 5.03. The summed E-state index contributed by atoms with van der Waals surface area (Å²) in [6, 6.07) is 3.31. The van der Waals surface area contributed by atoms with Crippen molar-refractivity contribution in [1.82, 2.24) is 4.90 Å². The van der Waals surface area contributed by atoms with E-state index in [2.05, 4.69) is 0 Å². The van der Waals surface area contributed by atoms with Gasteiger partial charge in [-0.2, -0.15) is 0 Å². The molecule has 1 saturated heterocycles. The summed E-state index contributed by atoms with van der Waals surface area (Å²) in [6.45, 7) is 1.66. The standard InChI is InChI=1S/C16H19Cl2NO2/c1-21-15-13(18)7-6-12(17)14(15)16(20)19-8-10-4-2-3-5-11(10)9-19/h6-7,10-11H,2-5,8-9H2,1H3. The van der Waals surface area contributed by atoms with Gasteiger partial charge in [-0.15, -0.1) is 0 Å². The first-order chi connectivity index (χ1) is 10.1. The summed E-state index contributed by atoms with van der Waals surface area (Å²) in [4.78, 5) is 14.8. The smallest absolute Gasteiger partial charge is 0.259 e. The number of methoxy groups -OCH3 is 1. The molecule has 21 heavy (non-hydrogen) atoms. The van der Waals surface area contributed by atoms with Crippen LogP contribution in [0.5, 0.6) is 5.75 Å². The van der Waals surface area contributed by atoms with E-state index in [1.807, 2.05) is 4.90 Å². The molecule has 0 aromatic heterocycles. The Morgan fingerprint density at radius 2 is 1.71 bits per heavy atom. The van der Waals surface area contributed by atoms with E-state index in [-0.39, 0.29) is 5.91 Å². The molecule has 1 aliphatic heterocycles. The molecular weight excluding hydrogens is 309 g/mol. The van der Waals surface area contributed by atoms with Crippen LogP contribution < -0.4 is 4.74 Å². The van der Waals surface area contributed by atoms with Gasteiger partial charge in [0.05, 0.1) is 17.2 Å². The van der Waals surface area contributed by atoms with Gasteiger partial charge in [0.25, 0.3) is 5.91 Å². The van der Waals surface area contributed by atoms with Gasteiger partial charge in [0.1, 0.15) is 5.56 Å². The van der Waals surface area contributed by atoms with Gasteiger partial charge in [-0.1, -0.05) is 36.0 Å². The van der Waals surface area contributed by atoms with Crippen LogP contribution in [0.25, 0.3) is 0 Å². The Balaban J connectivity index is 1.88. The lowest BCUT2D eigenvalue weighted by atomic mass is 9.82. The van der Waals surface area contributed by atoms with Crippen molar-refractivity contribution in [2.24, 2.45) is 11.8 Å². The molecule has 2 fully saturated rings. The zero-order valence-corrected chi connectivity index (χ0v) is 13.6. The SMILES string of the molecule is COc1c(Cl)ccc(Cl)c1C(=O)N1CC2CCCCC2C1. The summed E-state index contributed by atoms with van der Waals surface area (Å²) in [5, 5.41) is 0.818. The molecule has 2 unspecified atom stereocenters. The van der Waals surface area contributed by atoms with Crippen LogP contribution >= 0.6 is 23.2 Å². The maximum Gasteiger partial charge on any atom is 0.259 e. The van der Waals surface area contributed by atoms with Gasteiger partial charge in [0.2, 0.25) is 0 Å². The van der Waals surface area contributed by atoms with E-state index < -0.39 is 0 Å². The molecule has 0 spiro atoms. The first kappa shape index (κ1) is 15.0. The van der Waals surface area contributed by atoms with Crippen molar-refractivity contribution in [2.75, 3.05) is 20.2 Å². The highest BCUT2D eigenvalue weighted by Gasteiger charge is 2.38. The molecule has 1 aromatic rings. The number of halogens is 2. The fourth-order valence-electron chi connectivity index (χ4n) is 3.66. The summed E-state index contributed by atoms with van der Waals surface area (Å²) in [5.74, 6) is 1.61. The zero-order chi connectivity index (χ0) is 15.0. The molecule has 0 bridgehead atoms. The molecule has 1 amide bonds. The van der Waals surface area contributed by atoms with Gasteiger partial charge >= 0.3 is 0 Å². The monoisotopic (exact) mass is 327 g/mol. The molecule has 3 rings (SSSR count). The number of fused-ring (bicyclic) bond motifs is 1. The minimum Gasteiger partial charge on any atom is -0.494 e. The second kappa shape index (κ2) is 6.05. The average molecular weight is 328 g/mol. The highest BCUT2D eigenvalue weighted by Crippen LogP contribution is 2.39. The molecule has 0 N–H and O–H groups in total. The minimum absolute atomic E-state index is 0.0613. The number of hydrogen-bond acceptors (Lipinski definition) is 2. The Labute approximate surface area is 135 Å². The molecule has 1 aromatic carbocycles. The molecule has 2 aliphatic rings. The highest BCUT2D eigenvalue weighted by molar-refractivity contribution is 6.37. The van der Waals surface area contributed by atoms with Crippen molar-refractivity contribution in [3.8, 4) is 5.75 Å². The molecule has 0 radical (unpaired) electrons. The first-order valence-electron chi connectivity index (χ1n) is 7.43. The number of hydrogen-bond donors (Lipinski definition) is 0. The zero-order valence-electron chi connectivity index (χ0n) is 12.1. The lowest BCUT2D eigenvalue weighted by molar-refractivity contribution is 0.0781. The quantitative estimate of drug-likeness (QED) is 0.812. The summed E-state index contributed by atoms with van der Waals surface area (Å²) >= 11 is 12.3. The Kier molecular flexibility index (Phi) is 4.32. The fourth-order valence-corrected chi connectivity index (χ4v) is 4.13. The second-order valence-electron chi connectivity index (χ2n) is 5.95. The third kappa shape index (κ3) is 2.74. The third-order valence-electron chi connectivity index (χ3n) is 4.74. The molecular formula is C16H19Cl2NO2. The van der Waals surface area contributed by atoms with Crippen LogP contribution in [0.15, 0.2) is 12.1 Å². The number of rotatable bonds is 2. The number of amides is 1. The Morgan fingerprint density at radius 1 is 1.14 bits per heavy atom. The molecule has 5 heteroatoms. The number of ether oxygens (including phenoxy) is 1. The fraction of sp³-hybridized carbons (Fsp3) is 0.562. The second-order valence-corrected chi connectivity index (χ2v) is 6.77. The van der Waals surface area contributed by atoms with Crippen molar-refractivity contribution in [1.29, 1.82) is 0 Å². The van der Waals surface area contributed by atoms with Crippen molar-refractivity contribution in [3.05, 3.63) is 27.7 Å². The van der Waals surface area contributed by atoms with Gasteiger partial charge in [-0.25, -0.2) is 0 Å². The molecule has 1 aliphatic carbocycles. The topological polar surface area (TPSA) is 29.5 Å². The number of carbonyl (C=O) groups is 1. The minimum atomic E-state index is -0.0613. The van der Waals surface area contributed by atoms with E-state index in [9.17, 15) is 4.79 Å². The van der Waals surface area contributed by atoms with E-state index >= 15 is 0 Å². The van der Waals surface area contributed by atoms with Crippen LogP contribution in [0.3, 0.4) is 0 Å². The van der Waals surface area contributed by atoms with Crippen molar-refractivity contribution < 1.29 is 9.53 Å². The van der Waals surface area contributed by atoms with Crippen LogP contribution in [0.1, 0.15) is 36.0 Å². The van der Waals surface area contributed by atoms with Crippen LogP contribution in [0, 0.1) is 11.8 Å². The van der Waals surface area contributed by atoms with Gasteiger partial charge < -0.3 is 9.64 Å². The van der Waals surface area contributed by atoms with E-state index in [4.69, 9.17) is 27.9 Å². The van der Waals surface area contributed by atoms with Crippen LogP contribution in [0.2, 0.25) is 10.0 Å².